The van der Waals surface area contributed by atoms with Gasteiger partial charge >= 0.3 is 12.1 Å². The predicted octanol–water partition coefficient (Wildman–Crippen LogP) is 3.54. The Hall–Kier alpha value is -2.36. The third-order valence-corrected chi connectivity index (χ3v) is 7.09. The maximum Gasteiger partial charge on any atom is 0.404 e. The number of nitrogens with zero attached hydrogens (tertiary/aromatic N) is 1. The second-order valence-corrected chi connectivity index (χ2v) is 10.4. The van der Waals surface area contributed by atoms with Gasteiger partial charge in [-0.2, -0.15) is 0 Å². The van der Waals surface area contributed by atoms with Crippen LogP contribution in [0.3, 0.4) is 0 Å². The Kier molecular flexibility index (Phi) is 11.3. The third kappa shape index (κ3) is 8.94. The molecule has 2 fully saturated rings. The fourth-order valence-corrected chi connectivity index (χ4v) is 5.39. The molecule has 0 aromatic heterocycles. The van der Waals surface area contributed by atoms with Crippen LogP contribution in [-0.2, 0) is 9.47 Å². The normalized spacial score (nSPS) is 22.9. The summed E-state index contributed by atoms with van der Waals surface area (Å²) in [6.45, 7) is 7.76. The van der Waals surface area contributed by atoms with Crippen LogP contribution in [0.5, 0.6) is 0 Å². The van der Waals surface area contributed by atoms with Gasteiger partial charge in [0.1, 0.15) is 0 Å². The second-order valence-electron chi connectivity index (χ2n) is 10.4. The van der Waals surface area contributed by atoms with Crippen LogP contribution in [0.1, 0.15) is 56.3 Å². The highest BCUT2D eigenvalue weighted by Gasteiger charge is 2.32. The average Bonchev–Trinajstić information content (AvgIpc) is 2.85. The number of likely N-dealkylation sites (tertiary alicyclic amines) is 1. The standard InChI is InChI=1S/C27H44N4O5/c1-19-7-4-9-22(13-19)25(36-17-20(2)29-27(33)34)23-10-5-11-31(16-23)26(32)30-24(15-28-3)14-21-8-6-12-35-18-21/h4,7,9,13,20-21,23-25,28-29H,5-6,8,10-12,14-18H2,1-3H3,(H,30,32)(H,33,34)/t20?,21?,23-,24+,25+/m1/s1. The van der Waals surface area contributed by atoms with Gasteiger partial charge in [-0.3, -0.25) is 0 Å². The summed E-state index contributed by atoms with van der Waals surface area (Å²) in [5, 5.41) is 18.0. The molecular formula is C27H44N4O5. The number of carboxylic acid groups (broad SMARTS) is 1. The van der Waals surface area contributed by atoms with E-state index >= 15 is 0 Å². The molecule has 2 aliphatic rings. The molecule has 36 heavy (non-hydrogen) atoms. The van der Waals surface area contributed by atoms with Crippen molar-refractivity contribution in [3.8, 4) is 0 Å². The molecule has 4 N–H and O–H groups in total. The summed E-state index contributed by atoms with van der Waals surface area (Å²) < 4.78 is 12.0. The fraction of sp³-hybridized carbons (Fsp3) is 0.704. The van der Waals surface area contributed by atoms with Gasteiger partial charge in [0, 0.05) is 44.8 Å². The van der Waals surface area contributed by atoms with E-state index < -0.39 is 6.09 Å². The van der Waals surface area contributed by atoms with Crippen LogP contribution in [-0.4, -0.2) is 80.7 Å². The van der Waals surface area contributed by atoms with E-state index in [-0.39, 0.29) is 36.7 Å². The van der Waals surface area contributed by atoms with Gasteiger partial charge in [-0.15, -0.1) is 0 Å². The van der Waals surface area contributed by atoms with Gasteiger partial charge in [-0.25, -0.2) is 9.59 Å². The van der Waals surface area contributed by atoms with Crippen LogP contribution in [0, 0.1) is 18.8 Å². The summed E-state index contributed by atoms with van der Waals surface area (Å²) in [6.07, 6.45) is 3.71. The maximum atomic E-state index is 13.3. The lowest BCUT2D eigenvalue weighted by atomic mass is 9.88. The van der Waals surface area contributed by atoms with E-state index in [0.717, 1.165) is 69.5 Å². The lowest BCUT2D eigenvalue weighted by Gasteiger charge is -2.38. The van der Waals surface area contributed by atoms with E-state index in [9.17, 15) is 9.59 Å². The summed E-state index contributed by atoms with van der Waals surface area (Å²) in [5.41, 5.74) is 2.21. The molecule has 9 nitrogen and oxygen atoms in total. The van der Waals surface area contributed by atoms with Crippen molar-refractivity contribution >= 4 is 12.1 Å². The molecule has 0 saturated carbocycles. The number of nitrogens with one attached hydrogen (secondary N) is 3. The molecule has 2 aliphatic heterocycles. The largest absolute Gasteiger partial charge is 0.465 e. The summed E-state index contributed by atoms with van der Waals surface area (Å²) in [6, 6.07) is 7.94. The molecule has 0 bridgehead atoms. The number of likely N-dealkylation sites (N-methyl/N-ethyl adjacent to an activating group) is 1. The van der Waals surface area contributed by atoms with Gasteiger partial charge in [0.25, 0.3) is 0 Å². The molecule has 9 heteroatoms. The first kappa shape index (κ1) is 28.2. The highest BCUT2D eigenvalue weighted by molar-refractivity contribution is 5.74. The summed E-state index contributed by atoms with van der Waals surface area (Å²) in [4.78, 5) is 26.2. The average molecular weight is 505 g/mol. The molecule has 2 saturated heterocycles. The minimum Gasteiger partial charge on any atom is -0.465 e. The minimum atomic E-state index is -1.06. The van der Waals surface area contributed by atoms with E-state index in [0.29, 0.717) is 12.5 Å². The van der Waals surface area contributed by atoms with E-state index in [2.05, 4.69) is 41.1 Å². The zero-order chi connectivity index (χ0) is 25.9. The molecule has 1 aromatic carbocycles. The van der Waals surface area contributed by atoms with Crippen LogP contribution < -0.4 is 16.0 Å². The van der Waals surface area contributed by atoms with Crippen LogP contribution in [0.4, 0.5) is 9.59 Å². The number of carbonyl (C=O) groups excluding carboxylic acids is 1. The van der Waals surface area contributed by atoms with Crippen molar-refractivity contribution in [3.05, 3.63) is 35.4 Å². The summed E-state index contributed by atoms with van der Waals surface area (Å²) >= 11 is 0. The highest BCUT2D eigenvalue weighted by atomic mass is 16.5. The molecule has 0 spiro atoms. The van der Waals surface area contributed by atoms with Crippen LogP contribution in [0.15, 0.2) is 24.3 Å². The molecule has 0 radical (unpaired) electrons. The number of hydrogen-bond acceptors (Lipinski definition) is 5. The third-order valence-electron chi connectivity index (χ3n) is 7.09. The van der Waals surface area contributed by atoms with E-state index in [1.165, 1.54) is 0 Å². The van der Waals surface area contributed by atoms with Crippen molar-refractivity contribution in [2.45, 2.75) is 64.1 Å². The SMILES string of the molecule is CNC[C@H](CC1CCCOC1)NC(=O)N1CCC[C@@H]([C@@H](OCC(C)NC(=O)O)c2cccc(C)c2)C1. The highest BCUT2D eigenvalue weighted by Crippen LogP contribution is 2.33. The quantitative estimate of drug-likeness (QED) is 0.367. The van der Waals surface area contributed by atoms with E-state index in [1.807, 2.05) is 18.0 Å². The number of rotatable bonds is 11. The molecule has 0 aliphatic carbocycles. The molecule has 202 valence electrons. The maximum absolute atomic E-state index is 13.3. The van der Waals surface area contributed by atoms with Crippen molar-refractivity contribution in [3.63, 3.8) is 0 Å². The van der Waals surface area contributed by atoms with Crippen molar-refractivity contribution in [2.24, 2.45) is 11.8 Å². The smallest absolute Gasteiger partial charge is 0.404 e. The molecule has 2 heterocycles. The Morgan fingerprint density at radius 3 is 2.78 bits per heavy atom. The monoisotopic (exact) mass is 504 g/mol. The van der Waals surface area contributed by atoms with Gasteiger partial charge in [0.05, 0.1) is 18.8 Å². The molecule has 5 atom stereocenters. The Balaban J connectivity index is 1.65. The van der Waals surface area contributed by atoms with Crippen molar-refractivity contribution in [2.75, 3.05) is 46.5 Å². The zero-order valence-electron chi connectivity index (χ0n) is 22.0. The number of amides is 3. The van der Waals surface area contributed by atoms with Crippen LogP contribution >= 0.6 is 0 Å². The first-order valence-electron chi connectivity index (χ1n) is 13.3. The van der Waals surface area contributed by atoms with Gasteiger partial charge < -0.3 is 35.4 Å². The topological polar surface area (TPSA) is 112 Å². The Morgan fingerprint density at radius 2 is 2.08 bits per heavy atom. The van der Waals surface area contributed by atoms with Crippen molar-refractivity contribution in [1.29, 1.82) is 0 Å². The van der Waals surface area contributed by atoms with Gasteiger partial charge in [0.2, 0.25) is 0 Å². The number of hydrogen-bond donors (Lipinski definition) is 4. The lowest BCUT2D eigenvalue weighted by Crippen LogP contribution is -2.52. The lowest BCUT2D eigenvalue weighted by molar-refractivity contribution is -0.0175. The number of urea groups is 1. The predicted molar refractivity (Wildman–Crippen MR) is 139 cm³/mol. The molecule has 3 amide bonds. The summed E-state index contributed by atoms with van der Waals surface area (Å²) in [7, 11) is 1.91. The number of benzene rings is 1. The van der Waals surface area contributed by atoms with Gasteiger partial charge in [-0.1, -0.05) is 29.8 Å². The number of aryl methyl sites for hydroxylation is 1. The summed E-state index contributed by atoms with van der Waals surface area (Å²) in [5.74, 6) is 0.602. The molecule has 2 unspecified atom stereocenters. The van der Waals surface area contributed by atoms with Crippen molar-refractivity contribution in [1.82, 2.24) is 20.9 Å². The number of ether oxygens (including phenoxy) is 2. The van der Waals surface area contributed by atoms with Gasteiger partial charge in [0.15, 0.2) is 0 Å². The molecule has 3 rings (SSSR count). The Morgan fingerprint density at radius 1 is 1.25 bits per heavy atom. The minimum absolute atomic E-state index is 0.0272. The first-order valence-corrected chi connectivity index (χ1v) is 13.3. The first-order chi connectivity index (χ1) is 17.4. The fourth-order valence-electron chi connectivity index (χ4n) is 5.39. The number of piperidine rings is 1. The van der Waals surface area contributed by atoms with Gasteiger partial charge in [-0.05, 0) is 64.5 Å². The molecular weight excluding hydrogens is 460 g/mol. The zero-order valence-corrected chi connectivity index (χ0v) is 22.0. The van der Waals surface area contributed by atoms with Crippen LogP contribution in [0.25, 0.3) is 0 Å². The Bertz CT molecular complexity index is 832. The van der Waals surface area contributed by atoms with E-state index in [4.69, 9.17) is 14.6 Å². The van der Waals surface area contributed by atoms with E-state index in [1.54, 1.807) is 6.92 Å². The second kappa shape index (κ2) is 14.4. The molecule has 1 aromatic rings. The number of carbonyl (C=O) groups is 2. The van der Waals surface area contributed by atoms with Crippen molar-refractivity contribution < 1.29 is 24.2 Å². The Labute approximate surface area is 215 Å². The van der Waals surface area contributed by atoms with Crippen LogP contribution in [0.2, 0.25) is 0 Å².